The molecule has 1 N–H and O–H groups in total. The molecule has 0 aliphatic carbocycles. The van der Waals surface area contributed by atoms with Crippen molar-refractivity contribution in [2.24, 2.45) is 0 Å². The van der Waals surface area contributed by atoms with E-state index in [9.17, 15) is 5.11 Å². The third-order valence-electron chi connectivity index (χ3n) is 11.3. The van der Waals surface area contributed by atoms with Crippen molar-refractivity contribution >= 4 is 65.6 Å². The Morgan fingerprint density at radius 3 is 1.48 bits per heavy atom. The molecule has 4 aromatic heterocycles. The largest absolute Gasteiger partial charge is 0.504 e. The minimum atomic E-state index is 0.0478. The predicted octanol–water partition coefficient (Wildman–Crippen LogP) is 12.7. The molecule has 272 valence electrons. The summed E-state index contributed by atoms with van der Waals surface area (Å²) < 4.78 is 11.2. The normalized spacial score (nSPS) is 11.9. The zero-order valence-electron chi connectivity index (χ0n) is 30.9. The van der Waals surface area contributed by atoms with Gasteiger partial charge in [0.15, 0.2) is 28.8 Å². The second-order valence-electron chi connectivity index (χ2n) is 14.6. The summed E-state index contributed by atoms with van der Waals surface area (Å²) >= 11 is 0. The molecule has 0 fully saturated rings. The van der Waals surface area contributed by atoms with Crippen LogP contribution in [0.4, 0.5) is 0 Å². The first kappa shape index (κ1) is 32.2. The first-order valence-electron chi connectivity index (χ1n) is 19.3. The summed E-state index contributed by atoms with van der Waals surface area (Å²) in [4.78, 5) is 14.9. The van der Waals surface area contributed by atoms with Gasteiger partial charge in [-0.25, -0.2) is 15.0 Å². The van der Waals surface area contributed by atoms with Gasteiger partial charge in [-0.15, -0.1) is 0 Å². The van der Waals surface area contributed by atoms with Gasteiger partial charge in [0, 0.05) is 66.4 Å². The Balaban J connectivity index is 1.04. The molecule has 0 aliphatic heterocycles. The fourth-order valence-corrected chi connectivity index (χ4v) is 8.69. The van der Waals surface area contributed by atoms with Crippen molar-refractivity contribution in [3.05, 3.63) is 182 Å². The maximum atomic E-state index is 11.2. The van der Waals surface area contributed by atoms with Gasteiger partial charge in [-0.3, -0.25) is 0 Å². The van der Waals surface area contributed by atoms with E-state index in [0.717, 1.165) is 60.6 Å². The second-order valence-corrected chi connectivity index (χ2v) is 14.6. The van der Waals surface area contributed by atoms with Crippen molar-refractivity contribution in [1.82, 2.24) is 24.1 Å². The van der Waals surface area contributed by atoms with E-state index in [0.29, 0.717) is 28.6 Å². The number of nitrogens with zero attached hydrogens (tertiary/aromatic N) is 5. The van der Waals surface area contributed by atoms with Crippen LogP contribution in [0, 0.1) is 0 Å². The van der Waals surface area contributed by atoms with E-state index >= 15 is 0 Å². The highest BCUT2D eigenvalue weighted by molar-refractivity contribution is 6.15. The van der Waals surface area contributed by atoms with E-state index in [2.05, 4.69) is 118 Å². The molecule has 0 radical (unpaired) electrons. The lowest BCUT2D eigenvalue weighted by Crippen LogP contribution is -2.00. The molecule has 58 heavy (non-hydrogen) atoms. The van der Waals surface area contributed by atoms with Crippen molar-refractivity contribution in [3.8, 4) is 51.3 Å². The maximum absolute atomic E-state index is 11.2. The van der Waals surface area contributed by atoms with Gasteiger partial charge in [0.1, 0.15) is 5.58 Å². The number of aromatic nitrogens is 5. The van der Waals surface area contributed by atoms with Crippen LogP contribution in [-0.2, 0) is 0 Å². The first-order valence-corrected chi connectivity index (χ1v) is 19.3. The van der Waals surface area contributed by atoms with Gasteiger partial charge < -0.3 is 18.7 Å². The molecule has 8 aromatic carbocycles. The topological polar surface area (TPSA) is 81.9 Å². The van der Waals surface area contributed by atoms with Crippen LogP contribution in [0.15, 0.2) is 186 Å². The van der Waals surface area contributed by atoms with Crippen LogP contribution in [0.5, 0.6) is 5.75 Å². The van der Waals surface area contributed by atoms with Gasteiger partial charge in [-0.05, 0) is 60.7 Å². The minimum Gasteiger partial charge on any atom is -0.504 e. The summed E-state index contributed by atoms with van der Waals surface area (Å²) in [7, 11) is 0. The van der Waals surface area contributed by atoms with Crippen molar-refractivity contribution in [3.63, 3.8) is 0 Å². The van der Waals surface area contributed by atoms with Gasteiger partial charge in [0.25, 0.3) is 0 Å². The zero-order valence-corrected chi connectivity index (χ0v) is 30.9. The number of furan rings is 1. The molecule has 12 rings (SSSR count). The van der Waals surface area contributed by atoms with E-state index in [4.69, 9.17) is 19.4 Å². The van der Waals surface area contributed by atoms with Crippen LogP contribution in [0.25, 0.3) is 111 Å². The summed E-state index contributed by atoms with van der Waals surface area (Å²) in [6.45, 7) is 0. The van der Waals surface area contributed by atoms with E-state index in [1.807, 2.05) is 66.7 Å². The highest BCUT2D eigenvalue weighted by atomic mass is 16.4. The van der Waals surface area contributed by atoms with E-state index in [1.165, 1.54) is 21.8 Å². The predicted molar refractivity (Wildman–Crippen MR) is 234 cm³/mol. The lowest BCUT2D eigenvalue weighted by Gasteiger charge is -2.10. The summed E-state index contributed by atoms with van der Waals surface area (Å²) in [5, 5.41) is 17.6. The number of fused-ring (bicyclic) bond motifs is 9. The Bertz CT molecular complexity index is 3470. The standard InChI is InChI=1S/C51H31N5O2/c57-45-28-26-39(51-53-49(31-13-3-1-4-14-31)52-50(54-51)32-15-5-2-6-16-32)47-38-25-23-34(30-46(38)58-48(45)47)56-43-22-12-9-19-37(43)40-29-33(24-27-44(40)56)55-41-20-10-7-17-35(41)36-18-8-11-21-42(36)55/h1-30,57H. The second kappa shape index (κ2) is 12.5. The Kier molecular flexibility index (Phi) is 6.94. The highest BCUT2D eigenvalue weighted by Gasteiger charge is 2.22. The first-order chi connectivity index (χ1) is 28.7. The summed E-state index contributed by atoms with van der Waals surface area (Å²) in [6.07, 6.45) is 0. The SMILES string of the molecule is Oc1ccc(-c2nc(-c3ccccc3)nc(-c3ccccc3)n2)c2c1oc1cc(-n3c4ccccc4c4cc(-n5c6ccccc6c6ccccc65)ccc43)ccc12. The molecule has 0 aliphatic rings. The smallest absolute Gasteiger partial charge is 0.177 e. The number of hydrogen-bond donors (Lipinski definition) is 1. The average Bonchev–Trinajstić information content (AvgIpc) is 3.95. The number of benzene rings is 8. The molecule has 0 saturated heterocycles. The summed E-state index contributed by atoms with van der Waals surface area (Å²) in [6, 6.07) is 62.1. The molecule has 0 atom stereocenters. The number of hydrogen-bond acceptors (Lipinski definition) is 5. The minimum absolute atomic E-state index is 0.0478. The van der Waals surface area contributed by atoms with Gasteiger partial charge in [-0.1, -0.05) is 115 Å². The molecular weight excluding hydrogens is 715 g/mol. The highest BCUT2D eigenvalue weighted by Crippen LogP contribution is 2.43. The molecule has 7 heteroatoms. The van der Waals surface area contributed by atoms with Crippen molar-refractivity contribution in [1.29, 1.82) is 0 Å². The molecule has 0 bridgehead atoms. The van der Waals surface area contributed by atoms with Crippen LogP contribution in [0.3, 0.4) is 0 Å². The molecule has 0 amide bonds. The van der Waals surface area contributed by atoms with E-state index in [1.54, 1.807) is 6.07 Å². The number of phenols is 1. The lowest BCUT2D eigenvalue weighted by molar-refractivity contribution is 0.469. The summed E-state index contributed by atoms with van der Waals surface area (Å²) in [5.74, 6) is 1.67. The van der Waals surface area contributed by atoms with Crippen LogP contribution in [-0.4, -0.2) is 29.2 Å². The molecule has 0 unspecified atom stereocenters. The molecule has 0 spiro atoms. The number of phenolic OH excluding ortho intramolecular Hbond substituents is 1. The zero-order chi connectivity index (χ0) is 38.3. The van der Waals surface area contributed by atoms with E-state index < -0.39 is 0 Å². The van der Waals surface area contributed by atoms with Crippen LogP contribution >= 0.6 is 0 Å². The molecule has 0 saturated carbocycles. The summed E-state index contributed by atoms with van der Waals surface area (Å²) in [5.41, 5.74) is 10.1. The number of para-hydroxylation sites is 3. The Morgan fingerprint density at radius 1 is 0.397 bits per heavy atom. The van der Waals surface area contributed by atoms with Crippen molar-refractivity contribution in [2.45, 2.75) is 0 Å². The van der Waals surface area contributed by atoms with Gasteiger partial charge >= 0.3 is 0 Å². The quantitative estimate of drug-likeness (QED) is 0.190. The maximum Gasteiger partial charge on any atom is 0.177 e. The average molecular weight is 746 g/mol. The van der Waals surface area contributed by atoms with Gasteiger partial charge in [-0.2, -0.15) is 0 Å². The lowest BCUT2D eigenvalue weighted by atomic mass is 10.0. The molecule has 4 heterocycles. The third-order valence-corrected chi connectivity index (χ3v) is 11.3. The van der Waals surface area contributed by atoms with Crippen LogP contribution in [0.1, 0.15) is 0 Å². The third kappa shape index (κ3) is 4.83. The Hall–Kier alpha value is -8.03. The molecule has 7 nitrogen and oxygen atoms in total. The van der Waals surface area contributed by atoms with Gasteiger partial charge in [0.05, 0.1) is 22.1 Å². The number of aromatic hydroxyl groups is 1. The monoisotopic (exact) mass is 745 g/mol. The number of rotatable bonds is 5. The fourth-order valence-electron chi connectivity index (χ4n) is 8.69. The Labute approximate surface area is 331 Å². The van der Waals surface area contributed by atoms with Crippen LogP contribution < -0.4 is 0 Å². The Morgan fingerprint density at radius 2 is 0.879 bits per heavy atom. The molecule has 12 aromatic rings. The van der Waals surface area contributed by atoms with Crippen LogP contribution in [0.2, 0.25) is 0 Å². The van der Waals surface area contributed by atoms with Crippen molar-refractivity contribution < 1.29 is 9.52 Å². The molecular formula is C51H31N5O2. The van der Waals surface area contributed by atoms with E-state index in [-0.39, 0.29) is 5.75 Å². The van der Waals surface area contributed by atoms with Gasteiger partial charge in [0.2, 0.25) is 0 Å². The fraction of sp³-hybridized carbons (Fsp3) is 0. The van der Waals surface area contributed by atoms with Crippen molar-refractivity contribution in [2.75, 3.05) is 0 Å².